The van der Waals surface area contributed by atoms with Crippen molar-refractivity contribution >= 4 is 102 Å². The molecule has 0 spiro atoms. The van der Waals surface area contributed by atoms with Crippen molar-refractivity contribution in [2.45, 2.75) is 184 Å². The first-order valence-electron chi connectivity index (χ1n) is 28.2. The summed E-state index contributed by atoms with van der Waals surface area (Å²) >= 11 is 11.8. The summed E-state index contributed by atoms with van der Waals surface area (Å²) in [5.74, 6) is 2.05. The number of carbonyl (C=O) groups is 2. The van der Waals surface area contributed by atoms with E-state index in [1.54, 1.807) is 45.3 Å². The molecule has 0 aliphatic heterocycles. The lowest BCUT2D eigenvalue weighted by Crippen LogP contribution is -2.22. The Morgan fingerprint density at radius 2 is 0.920 bits per heavy atom. The molecule has 2 atom stereocenters. The Hall–Kier alpha value is -3.62. The van der Waals surface area contributed by atoms with Gasteiger partial charge in [-0.15, -0.1) is 68.0 Å². The van der Waals surface area contributed by atoms with E-state index in [4.69, 9.17) is 13.5 Å². The maximum absolute atomic E-state index is 15.3. The lowest BCUT2D eigenvalue weighted by Gasteiger charge is -2.19. The van der Waals surface area contributed by atoms with Crippen molar-refractivity contribution in [3.63, 3.8) is 0 Å². The lowest BCUT2D eigenvalue weighted by atomic mass is 9.81. The van der Waals surface area contributed by atoms with E-state index < -0.39 is 0 Å². The number of carbonyl (C=O) groups excluding carboxylic acids is 2. The third kappa shape index (κ3) is 12.3. The molecule has 1 aliphatic carbocycles. The number of aryl methyl sites for hydroxylation is 2. The molecule has 2 unspecified atom stereocenters. The molecule has 75 heavy (non-hydrogen) atoms. The van der Waals surface area contributed by atoms with E-state index in [0.717, 1.165) is 140 Å². The van der Waals surface area contributed by atoms with Gasteiger partial charge in [0.1, 0.15) is 16.8 Å². The van der Waals surface area contributed by atoms with Gasteiger partial charge in [0.2, 0.25) is 0 Å². The van der Waals surface area contributed by atoms with Crippen LogP contribution >= 0.6 is 79.7 Å². The van der Waals surface area contributed by atoms with E-state index in [1.165, 1.54) is 103 Å². The van der Waals surface area contributed by atoms with Gasteiger partial charge in [-0.3, -0.25) is 9.59 Å². The van der Waals surface area contributed by atoms with Crippen molar-refractivity contribution in [2.24, 2.45) is 11.8 Å². The van der Waals surface area contributed by atoms with Crippen molar-refractivity contribution in [3.05, 3.63) is 95.9 Å². The summed E-state index contributed by atoms with van der Waals surface area (Å²) in [6.45, 7) is 18.4. The number of thiophene rings is 6. The second-order valence-corrected chi connectivity index (χ2v) is 28.4. The van der Waals surface area contributed by atoms with Crippen molar-refractivity contribution in [3.8, 4) is 55.9 Å². The molecular weight excluding hydrogens is 1060 g/mol. The topological polar surface area (TPSA) is 69.2 Å². The van der Waals surface area contributed by atoms with E-state index in [2.05, 4.69) is 97.0 Å². The molecule has 5 nitrogen and oxygen atoms in total. The molecule has 12 heteroatoms. The smallest absolute Gasteiger partial charge is 0.197 e. The Labute approximate surface area is 475 Å². The van der Waals surface area contributed by atoms with Crippen LogP contribution in [-0.2, 0) is 12.8 Å². The van der Waals surface area contributed by atoms with Gasteiger partial charge in [0.15, 0.2) is 11.6 Å². The van der Waals surface area contributed by atoms with Crippen molar-refractivity contribution in [2.75, 3.05) is 6.61 Å². The number of fused-ring (bicyclic) bond motifs is 3. The summed E-state index contributed by atoms with van der Waals surface area (Å²) < 4.78 is 17.0. The zero-order valence-electron chi connectivity index (χ0n) is 45.6. The van der Waals surface area contributed by atoms with Crippen LogP contribution in [0.3, 0.4) is 0 Å². The molecule has 0 bridgehead atoms. The number of rotatable bonds is 29. The van der Waals surface area contributed by atoms with Crippen LogP contribution < -0.4 is 4.74 Å². The highest BCUT2D eigenvalue weighted by atomic mass is 32.1. The molecule has 1 aromatic carbocycles. The van der Waals surface area contributed by atoms with E-state index >= 15 is 9.59 Å². The number of unbranched alkanes of at least 4 members (excludes halogenated alkanes) is 11. The third-order valence-electron chi connectivity index (χ3n) is 15.5. The molecule has 0 saturated heterocycles. The van der Waals surface area contributed by atoms with Gasteiger partial charge in [-0.25, -0.2) is 0 Å². The number of benzene rings is 1. The summed E-state index contributed by atoms with van der Waals surface area (Å²) in [5, 5.41) is 0. The van der Waals surface area contributed by atoms with E-state index in [-0.39, 0.29) is 11.6 Å². The van der Waals surface area contributed by atoms with E-state index in [0.29, 0.717) is 29.6 Å². The molecule has 1 aliphatic rings. The largest absolute Gasteiger partial charge is 0.493 e. The number of aromatic nitrogens is 2. The van der Waals surface area contributed by atoms with Gasteiger partial charge in [-0.1, -0.05) is 144 Å². The molecule has 398 valence electrons. The summed E-state index contributed by atoms with van der Waals surface area (Å²) in [4.78, 5) is 43.9. The lowest BCUT2D eigenvalue weighted by molar-refractivity contribution is 0.0979. The predicted octanol–water partition coefficient (Wildman–Crippen LogP) is 21.9. The monoisotopic (exact) mass is 1130 g/mol. The molecule has 8 aromatic rings. The van der Waals surface area contributed by atoms with Crippen LogP contribution in [0.1, 0.15) is 207 Å². The van der Waals surface area contributed by atoms with Crippen LogP contribution in [0.5, 0.6) is 5.75 Å². The normalized spacial score (nSPS) is 13.3. The Bertz CT molecular complexity index is 3200. The Balaban J connectivity index is 1.02. The van der Waals surface area contributed by atoms with Crippen LogP contribution in [0.4, 0.5) is 0 Å². The van der Waals surface area contributed by atoms with Crippen LogP contribution in [0.25, 0.3) is 61.2 Å². The average molecular weight is 1130 g/mol. The molecule has 0 fully saturated rings. The summed E-state index contributed by atoms with van der Waals surface area (Å²) in [5.41, 5.74) is 7.77. The van der Waals surface area contributed by atoms with Gasteiger partial charge in [0, 0.05) is 81.5 Å². The SMILES string of the molecule is CCCCCCCCCCCCOc1c(C)c(-c2ccc(-c3ccc(-c4sc(C)c5c4C(=O)c4c(CC(CC)CCCC)sc(CC(CC)CCCC)c4C5=O)s3)s2)c2nsnc2c1-c1ccc(-c2ccc(C)s2)s1. The standard InChI is InChI=1S/C63H76N2O3S7/c1-9-14-17-18-19-20-21-22-23-24-35-68-62-39(7)52(58-59(65-75-64-58)56(62)48-33-30-44(72-48)43-28-27-38(6)69-43)47-32-29-45(71-47)46-31-34-49(73-46)63-57-53(40(8)70-63)60(66)54-50(36-41(12-4)25-15-10-2)74-51(55(54)61(57)67)37-42(13-5)26-16-11-3/h27-34,41-42H,9-26,35-37H2,1-8H3. The Morgan fingerprint density at radius 3 is 1.47 bits per heavy atom. The quantitative estimate of drug-likeness (QED) is 0.0437. The van der Waals surface area contributed by atoms with Crippen LogP contribution in [0.2, 0.25) is 0 Å². The highest BCUT2D eigenvalue weighted by molar-refractivity contribution is 7.27. The number of nitrogens with zero attached hydrogens (tertiary/aromatic N) is 2. The molecule has 7 heterocycles. The molecule has 0 saturated carbocycles. The predicted molar refractivity (Wildman–Crippen MR) is 331 cm³/mol. The van der Waals surface area contributed by atoms with Gasteiger partial charge in [-0.05, 0) is 100 Å². The summed E-state index contributed by atoms with van der Waals surface area (Å²) in [6.07, 6.45) is 23.7. The molecule has 0 N–H and O–H groups in total. The molecular formula is C63H76N2O3S7. The maximum atomic E-state index is 15.3. The first-order valence-corrected chi connectivity index (χ1v) is 33.9. The van der Waals surface area contributed by atoms with Gasteiger partial charge >= 0.3 is 0 Å². The minimum absolute atomic E-state index is 0.0585. The highest BCUT2D eigenvalue weighted by Crippen LogP contribution is 2.53. The van der Waals surface area contributed by atoms with Gasteiger partial charge < -0.3 is 4.74 Å². The van der Waals surface area contributed by atoms with Gasteiger partial charge in [0.05, 0.1) is 34.3 Å². The highest BCUT2D eigenvalue weighted by Gasteiger charge is 2.41. The van der Waals surface area contributed by atoms with Crippen molar-refractivity contribution in [1.82, 2.24) is 8.75 Å². The number of ketones is 2. The minimum Gasteiger partial charge on any atom is -0.493 e. The van der Waals surface area contributed by atoms with Crippen LogP contribution in [-0.4, -0.2) is 26.9 Å². The summed E-state index contributed by atoms with van der Waals surface area (Å²) in [7, 11) is 0. The van der Waals surface area contributed by atoms with Crippen molar-refractivity contribution in [1.29, 1.82) is 0 Å². The molecule has 7 aromatic heterocycles. The third-order valence-corrected chi connectivity index (χ3v) is 23.2. The van der Waals surface area contributed by atoms with Crippen molar-refractivity contribution < 1.29 is 14.3 Å². The number of hydrogen-bond acceptors (Lipinski definition) is 12. The molecule has 9 rings (SSSR count). The van der Waals surface area contributed by atoms with Crippen LogP contribution in [0.15, 0.2) is 48.5 Å². The van der Waals surface area contributed by atoms with E-state index in [9.17, 15) is 0 Å². The van der Waals surface area contributed by atoms with E-state index in [1.807, 2.05) is 29.6 Å². The zero-order chi connectivity index (χ0) is 52.6. The van der Waals surface area contributed by atoms with Crippen LogP contribution in [0, 0.1) is 32.6 Å². The second-order valence-electron chi connectivity index (χ2n) is 20.9. The molecule has 0 amide bonds. The number of ether oxygens (including phenoxy) is 1. The first-order chi connectivity index (χ1) is 36.6. The number of hydrogen-bond donors (Lipinski definition) is 0. The second kappa shape index (κ2) is 26.4. The van der Waals surface area contributed by atoms with Gasteiger partial charge in [0.25, 0.3) is 0 Å². The fourth-order valence-electron chi connectivity index (χ4n) is 11.1. The maximum Gasteiger partial charge on any atom is 0.197 e. The Morgan fingerprint density at radius 1 is 0.453 bits per heavy atom. The summed E-state index contributed by atoms with van der Waals surface area (Å²) in [6, 6.07) is 17.8. The Kier molecular flexibility index (Phi) is 19.7. The fraction of sp³-hybridized carbons (Fsp3) is 0.492. The molecule has 0 radical (unpaired) electrons. The average Bonchev–Trinajstić information content (AvgIpc) is 4.35. The minimum atomic E-state index is 0.0585. The van der Waals surface area contributed by atoms with Gasteiger partial charge in [-0.2, -0.15) is 8.75 Å². The fourth-order valence-corrected chi connectivity index (χ4v) is 18.7. The zero-order valence-corrected chi connectivity index (χ0v) is 51.3. The first kappa shape index (κ1) is 56.1.